The van der Waals surface area contributed by atoms with E-state index in [-0.39, 0.29) is 0 Å². The Morgan fingerprint density at radius 2 is 2.14 bits per heavy atom. The zero-order valence-electron chi connectivity index (χ0n) is 12.1. The van der Waals surface area contributed by atoms with Crippen LogP contribution in [0.25, 0.3) is 0 Å². The maximum Gasteiger partial charge on any atom is 0.271 e. The lowest BCUT2D eigenvalue weighted by atomic mass is 10.3. The van der Waals surface area contributed by atoms with Crippen molar-refractivity contribution >= 4 is 27.0 Å². The second kappa shape index (κ2) is 7.02. The molecule has 114 valence electrons. The SMILES string of the molecule is CCCNCc1csc(S(=O)(=O)Nc2ccc(C)nc2)c1. The highest BCUT2D eigenvalue weighted by Gasteiger charge is 2.17. The van der Waals surface area contributed by atoms with Crippen LogP contribution in [0.15, 0.2) is 34.0 Å². The van der Waals surface area contributed by atoms with Gasteiger partial charge in [-0.15, -0.1) is 11.3 Å². The van der Waals surface area contributed by atoms with E-state index < -0.39 is 10.0 Å². The van der Waals surface area contributed by atoms with E-state index in [1.165, 1.54) is 17.5 Å². The molecule has 0 saturated heterocycles. The molecule has 5 nitrogen and oxygen atoms in total. The minimum Gasteiger partial charge on any atom is -0.313 e. The number of nitrogens with one attached hydrogen (secondary N) is 2. The van der Waals surface area contributed by atoms with E-state index in [0.29, 0.717) is 16.4 Å². The minimum atomic E-state index is -3.54. The molecule has 0 spiro atoms. The number of aromatic nitrogens is 1. The molecule has 0 saturated carbocycles. The first kappa shape index (κ1) is 15.9. The Bertz CT molecular complexity index is 678. The Morgan fingerprint density at radius 1 is 1.33 bits per heavy atom. The number of hydrogen-bond donors (Lipinski definition) is 2. The van der Waals surface area contributed by atoms with Crippen LogP contribution in [0.4, 0.5) is 5.69 Å². The molecule has 0 atom stereocenters. The molecule has 0 aliphatic heterocycles. The average molecular weight is 325 g/mol. The number of thiophene rings is 1. The van der Waals surface area contributed by atoms with Crippen LogP contribution in [0.1, 0.15) is 24.6 Å². The van der Waals surface area contributed by atoms with Gasteiger partial charge < -0.3 is 5.32 Å². The Labute approximate surface area is 129 Å². The van der Waals surface area contributed by atoms with Gasteiger partial charge in [0.25, 0.3) is 10.0 Å². The normalized spacial score (nSPS) is 11.5. The maximum atomic E-state index is 12.3. The van der Waals surface area contributed by atoms with Crippen LogP contribution in [-0.4, -0.2) is 19.9 Å². The highest BCUT2D eigenvalue weighted by molar-refractivity contribution is 7.94. The monoisotopic (exact) mass is 325 g/mol. The molecule has 0 radical (unpaired) electrons. The van der Waals surface area contributed by atoms with Gasteiger partial charge in [-0.05, 0) is 49.0 Å². The van der Waals surface area contributed by atoms with Crippen molar-refractivity contribution in [3.63, 3.8) is 0 Å². The number of anilines is 1. The topological polar surface area (TPSA) is 71.1 Å². The summed E-state index contributed by atoms with van der Waals surface area (Å²) in [5, 5.41) is 5.12. The molecule has 2 heterocycles. The minimum absolute atomic E-state index is 0.316. The Kier molecular flexibility index (Phi) is 5.33. The molecule has 21 heavy (non-hydrogen) atoms. The van der Waals surface area contributed by atoms with Gasteiger partial charge in [-0.25, -0.2) is 8.42 Å². The summed E-state index contributed by atoms with van der Waals surface area (Å²) in [5.41, 5.74) is 2.30. The summed E-state index contributed by atoms with van der Waals surface area (Å²) in [7, 11) is -3.54. The molecule has 0 unspecified atom stereocenters. The Morgan fingerprint density at radius 3 is 2.81 bits per heavy atom. The molecule has 0 aliphatic carbocycles. The van der Waals surface area contributed by atoms with E-state index in [0.717, 1.165) is 24.2 Å². The summed E-state index contributed by atoms with van der Waals surface area (Å²) in [6, 6.07) is 5.18. The quantitative estimate of drug-likeness (QED) is 0.768. The molecule has 2 aromatic heterocycles. The number of pyridine rings is 1. The number of hydrogen-bond acceptors (Lipinski definition) is 5. The van der Waals surface area contributed by atoms with E-state index in [9.17, 15) is 8.42 Å². The first-order valence-electron chi connectivity index (χ1n) is 6.75. The lowest BCUT2D eigenvalue weighted by Gasteiger charge is -2.05. The molecule has 0 amide bonds. The predicted molar refractivity (Wildman–Crippen MR) is 86.1 cm³/mol. The van der Waals surface area contributed by atoms with Gasteiger partial charge >= 0.3 is 0 Å². The highest BCUT2D eigenvalue weighted by Crippen LogP contribution is 2.22. The third-order valence-electron chi connectivity index (χ3n) is 2.81. The third-order valence-corrected chi connectivity index (χ3v) is 5.68. The molecule has 2 aromatic rings. The Balaban J connectivity index is 2.07. The van der Waals surface area contributed by atoms with Crippen molar-refractivity contribution in [3.05, 3.63) is 41.0 Å². The van der Waals surface area contributed by atoms with Gasteiger partial charge in [0.15, 0.2) is 0 Å². The average Bonchev–Trinajstić information content (AvgIpc) is 2.91. The van der Waals surface area contributed by atoms with Gasteiger partial charge in [-0.1, -0.05) is 6.92 Å². The first-order valence-corrected chi connectivity index (χ1v) is 9.11. The number of nitrogens with zero attached hydrogens (tertiary/aromatic N) is 1. The van der Waals surface area contributed by atoms with E-state index in [1.807, 2.05) is 12.3 Å². The lowest BCUT2D eigenvalue weighted by molar-refractivity contribution is 0.603. The lowest BCUT2D eigenvalue weighted by Crippen LogP contribution is -2.14. The molecule has 7 heteroatoms. The number of aryl methyl sites for hydroxylation is 1. The van der Waals surface area contributed by atoms with E-state index in [1.54, 1.807) is 18.2 Å². The van der Waals surface area contributed by atoms with Crippen LogP contribution in [0, 0.1) is 6.92 Å². The summed E-state index contributed by atoms with van der Waals surface area (Å²) in [4.78, 5) is 4.08. The van der Waals surface area contributed by atoms with Crippen molar-refractivity contribution in [2.75, 3.05) is 11.3 Å². The number of rotatable bonds is 7. The van der Waals surface area contributed by atoms with Crippen LogP contribution in [0.3, 0.4) is 0 Å². The van der Waals surface area contributed by atoms with Crippen LogP contribution in [0.2, 0.25) is 0 Å². The van der Waals surface area contributed by atoms with Crippen molar-refractivity contribution in [2.24, 2.45) is 0 Å². The van der Waals surface area contributed by atoms with E-state index >= 15 is 0 Å². The zero-order chi connectivity index (χ0) is 15.3. The fourth-order valence-corrected chi connectivity index (χ4v) is 3.98. The maximum absolute atomic E-state index is 12.3. The fraction of sp³-hybridized carbons (Fsp3) is 0.357. The van der Waals surface area contributed by atoms with Gasteiger partial charge in [-0.3, -0.25) is 9.71 Å². The van der Waals surface area contributed by atoms with Gasteiger partial charge in [0.1, 0.15) is 4.21 Å². The van der Waals surface area contributed by atoms with Gasteiger partial charge in [-0.2, -0.15) is 0 Å². The summed E-state index contributed by atoms with van der Waals surface area (Å²) in [6.45, 7) is 5.56. The molecular weight excluding hydrogens is 306 g/mol. The van der Waals surface area contributed by atoms with Crippen molar-refractivity contribution in [3.8, 4) is 0 Å². The third kappa shape index (κ3) is 4.52. The van der Waals surface area contributed by atoms with E-state index in [4.69, 9.17) is 0 Å². The second-order valence-electron chi connectivity index (χ2n) is 4.74. The largest absolute Gasteiger partial charge is 0.313 e. The zero-order valence-corrected chi connectivity index (χ0v) is 13.7. The molecule has 0 aromatic carbocycles. The molecule has 0 bridgehead atoms. The first-order chi connectivity index (χ1) is 10.0. The predicted octanol–water partition coefficient (Wildman–Crippen LogP) is 2.75. The molecule has 0 aliphatic rings. The second-order valence-corrected chi connectivity index (χ2v) is 7.56. The summed E-state index contributed by atoms with van der Waals surface area (Å²) in [5.74, 6) is 0. The van der Waals surface area contributed by atoms with Crippen LogP contribution in [-0.2, 0) is 16.6 Å². The van der Waals surface area contributed by atoms with Crippen LogP contribution < -0.4 is 10.0 Å². The van der Waals surface area contributed by atoms with Gasteiger partial charge in [0, 0.05) is 12.2 Å². The molecular formula is C14H19N3O2S2. The fourth-order valence-electron chi connectivity index (χ4n) is 1.73. The van der Waals surface area contributed by atoms with Crippen molar-refractivity contribution < 1.29 is 8.42 Å². The molecule has 2 N–H and O–H groups in total. The summed E-state index contributed by atoms with van der Waals surface area (Å²) in [6.07, 6.45) is 2.57. The highest BCUT2D eigenvalue weighted by atomic mass is 32.2. The Hall–Kier alpha value is -1.44. The van der Waals surface area contributed by atoms with Crippen LogP contribution in [0.5, 0.6) is 0 Å². The standard InChI is InChI=1S/C14H19N3O2S2/c1-3-6-15-8-12-7-14(20-10-12)21(18,19)17-13-5-4-11(2)16-9-13/h4-5,7,9-10,15,17H,3,6,8H2,1-2H3. The van der Waals surface area contributed by atoms with E-state index in [2.05, 4.69) is 21.9 Å². The summed E-state index contributed by atoms with van der Waals surface area (Å²) >= 11 is 1.23. The molecule has 2 rings (SSSR count). The smallest absolute Gasteiger partial charge is 0.271 e. The van der Waals surface area contributed by atoms with Crippen molar-refractivity contribution in [1.29, 1.82) is 0 Å². The molecule has 0 fully saturated rings. The van der Waals surface area contributed by atoms with Crippen molar-refractivity contribution in [1.82, 2.24) is 10.3 Å². The number of sulfonamides is 1. The van der Waals surface area contributed by atoms with Crippen LogP contribution >= 0.6 is 11.3 Å². The van der Waals surface area contributed by atoms with Crippen molar-refractivity contribution in [2.45, 2.75) is 31.0 Å². The summed E-state index contributed by atoms with van der Waals surface area (Å²) < 4.78 is 27.4. The van der Waals surface area contributed by atoms with Gasteiger partial charge in [0.05, 0.1) is 11.9 Å². The van der Waals surface area contributed by atoms with Gasteiger partial charge in [0.2, 0.25) is 0 Å².